The van der Waals surface area contributed by atoms with Crippen molar-refractivity contribution in [2.45, 2.75) is 73.3 Å². The van der Waals surface area contributed by atoms with Crippen LogP contribution in [-0.4, -0.2) is 24.9 Å². The van der Waals surface area contributed by atoms with Crippen molar-refractivity contribution in [3.05, 3.63) is 69.6 Å². The molecule has 0 N–H and O–H groups in total. The van der Waals surface area contributed by atoms with Crippen LogP contribution < -0.4 is 5.56 Å². The summed E-state index contributed by atoms with van der Waals surface area (Å²) in [5, 5.41) is 0. The molecular weight excluding hydrogens is 400 g/mol. The largest absolute Gasteiger partial charge is 0.321 e. The molecule has 0 bridgehead atoms. The normalized spacial score (nSPS) is 13.0. The predicted octanol–water partition coefficient (Wildman–Crippen LogP) is 5.45. The maximum atomic E-state index is 12.1. The van der Waals surface area contributed by atoms with Gasteiger partial charge in [-0.2, -0.15) is 4.98 Å². The van der Waals surface area contributed by atoms with Crippen molar-refractivity contribution in [2.75, 3.05) is 0 Å². The highest BCUT2D eigenvalue weighted by Gasteiger charge is 2.08. The van der Waals surface area contributed by atoms with Gasteiger partial charge in [0.1, 0.15) is 6.33 Å². The molecule has 0 saturated heterocycles. The molecule has 172 valence electrons. The summed E-state index contributed by atoms with van der Waals surface area (Å²) in [4.78, 5) is 32.1. The summed E-state index contributed by atoms with van der Waals surface area (Å²) in [6.07, 6.45) is 16.0. The zero-order valence-corrected chi connectivity index (χ0v) is 20.3. The first-order valence-electron chi connectivity index (χ1n) is 11.2. The molecule has 2 aromatic heterocycles. The van der Waals surface area contributed by atoms with Gasteiger partial charge in [-0.05, 0) is 66.4 Å². The molecule has 2 aromatic rings. The summed E-state index contributed by atoms with van der Waals surface area (Å²) >= 11 is 0. The Morgan fingerprint density at radius 1 is 0.906 bits per heavy atom. The molecule has 0 atom stereocenters. The topological polar surface area (TPSA) is 69.8 Å². The fourth-order valence-electron chi connectivity index (χ4n) is 3.51. The second kappa shape index (κ2) is 12.1. The van der Waals surface area contributed by atoms with Crippen LogP contribution in [0.3, 0.4) is 0 Å². The van der Waals surface area contributed by atoms with E-state index in [1.807, 2.05) is 32.4 Å². The van der Waals surface area contributed by atoms with Gasteiger partial charge in [0.15, 0.2) is 16.9 Å². The van der Waals surface area contributed by atoms with Crippen LogP contribution in [0.2, 0.25) is 0 Å². The van der Waals surface area contributed by atoms with Gasteiger partial charge in [0, 0.05) is 20.0 Å². The molecule has 0 amide bonds. The van der Waals surface area contributed by atoms with E-state index in [0.29, 0.717) is 24.1 Å². The summed E-state index contributed by atoms with van der Waals surface area (Å²) in [6, 6.07) is 0. The molecule has 0 saturated carbocycles. The zero-order chi connectivity index (χ0) is 23.7. The fourth-order valence-corrected chi connectivity index (χ4v) is 3.51. The number of rotatable bonds is 11. The molecule has 2 heterocycles. The minimum Gasteiger partial charge on any atom is -0.321 e. The summed E-state index contributed by atoms with van der Waals surface area (Å²) < 4.78 is 3.61. The van der Waals surface area contributed by atoms with Crippen LogP contribution in [0.15, 0.2) is 64.0 Å². The standard InChI is InChI=1S/C26H36N4O2/c1-19(2)15-23(31)16-22(5)12-8-10-20(3)9-7-11-21(4)13-14-30-18-27-25-24(30)26(32)28-17-29(25)6/h9,12-13,15,17-18H,7-8,10-11,14,16H2,1-6H3/b20-9+,21-13+,22-12-. The molecule has 6 nitrogen and oxygen atoms in total. The Morgan fingerprint density at radius 3 is 2.19 bits per heavy atom. The number of aromatic nitrogens is 4. The minimum absolute atomic E-state index is 0.175. The van der Waals surface area contributed by atoms with Gasteiger partial charge in [0.2, 0.25) is 0 Å². The van der Waals surface area contributed by atoms with Crippen LogP contribution in [0.5, 0.6) is 0 Å². The third-order valence-corrected chi connectivity index (χ3v) is 5.31. The SMILES string of the molecule is CC(C)=CC(=O)C/C(C)=C\CC/C(C)=C/CC/C(C)=C/Cn1cnc2c1c(=O)ncn2C. The van der Waals surface area contributed by atoms with E-state index >= 15 is 0 Å². The highest BCUT2D eigenvalue weighted by Crippen LogP contribution is 2.13. The average Bonchev–Trinajstić information content (AvgIpc) is 3.14. The van der Waals surface area contributed by atoms with E-state index in [0.717, 1.165) is 36.8 Å². The van der Waals surface area contributed by atoms with Crippen LogP contribution in [0, 0.1) is 0 Å². The quantitative estimate of drug-likeness (QED) is 0.347. The smallest absolute Gasteiger partial charge is 0.298 e. The number of aryl methyl sites for hydroxylation is 1. The van der Waals surface area contributed by atoms with Crippen LogP contribution in [0.25, 0.3) is 11.2 Å². The highest BCUT2D eigenvalue weighted by molar-refractivity contribution is 5.91. The molecule has 0 fully saturated rings. The number of hydrogen-bond donors (Lipinski definition) is 0. The van der Waals surface area contributed by atoms with Gasteiger partial charge in [-0.15, -0.1) is 0 Å². The van der Waals surface area contributed by atoms with Gasteiger partial charge >= 0.3 is 0 Å². The lowest BCUT2D eigenvalue weighted by Crippen LogP contribution is -2.13. The lowest BCUT2D eigenvalue weighted by Gasteiger charge is -2.04. The average molecular weight is 437 g/mol. The van der Waals surface area contributed by atoms with Crippen LogP contribution >= 0.6 is 0 Å². The Morgan fingerprint density at radius 2 is 1.53 bits per heavy atom. The molecule has 2 rings (SSSR count). The molecule has 0 aliphatic heterocycles. The van der Waals surface area contributed by atoms with Gasteiger partial charge in [0.25, 0.3) is 5.56 Å². The van der Waals surface area contributed by atoms with Crippen molar-refractivity contribution in [3.8, 4) is 0 Å². The molecule has 0 radical (unpaired) electrons. The number of imidazole rings is 1. The molecule has 0 aromatic carbocycles. The number of fused-ring (bicyclic) bond motifs is 1. The molecule has 0 unspecified atom stereocenters. The number of carbonyl (C=O) groups is 1. The van der Waals surface area contributed by atoms with Gasteiger partial charge in [-0.25, -0.2) is 4.98 Å². The first-order chi connectivity index (χ1) is 15.2. The Labute approximate surface area is 191 Å². The number of nitrogens with zero attached hydrogens (tertiary/aromatic N) is 4. The van der Waals surface area contributed by atoms with Crippen LogP contribution in [0.4, 0.5) is 0 Å². The molecule has 0 aliphatic rings. The second-order valence-electron chi connectivity index (χ2n) is 8.82. The van der Waals surface area contributed by atoms with E-state index in [4.69, 9.17) is 0 Å². The Hall–Kier alpha value is -3.02. The molecule has 32 heavy (non-hydrogen) atoms. The predicted molar refractivity (Wildman–Crippen MR) is 132 cm³/mol. The number of carbonyl (C=O) groups excluding carboxylic acids is 1. The summed E-state index contributed by atoms with van der Waals surface area (Å²) in [5.41, 5.74) is 5.78. The van der Waals surface area contributed by atoms with E-state index in [-0.39, 0.29) is 11.3 Å². The Kier molecular flexibility index (Phi) is 9.57. The van der Waals surface area contributed by atoms with Crippen molar-refractivity contribution >= 4 is 16.9 Å². The van der Waals surface area contributed by atoms with Gasteiger partial charge in [-0.1, -0.05) is 40.5 Å². The van der Waals surface area contributed by atoms with Crippen molar-refractivity contribution in [1.29, 1.82) is 0 Å². The monoisotopic (exact) mass is 436 g/mol. The zero-order valence-electron chi connectivity index (χ0n) is 20.3. The van der Waals surface area contributed by atoms with Gasteiger partial charge < -0.3 is 9.13 Å². The number of allylic oxidation sites excluding steroid dienone is 8. The first-order valence-corrected chi connectivity index (χ1v) is 11.2. The van der Waals surface area contributed by atoms with E-state index in [9.17, 15) is 9.59 Å². The van der Waals surface area contributed by atoms with Crippen LogP contribution in [-0.2, 0) is 18.4 Å². The number of ketones is 1. The highest BCUT2D eigenvalue weighted by atomic mass is 16.1. The van der Waals surface area contributed by atoms with Crippen molar-refractivity contribution in [1.82, 2.24) is 19.1 Å². The summed E-state index contributed by atoms with van der Waals surface area (Å²) in [6.45, 7) is 10.8. The maximum absolute atomic E-state index is 12.1. The fraction of sp³-hybridized carbons (Fsp3) is 0.462. The molecule has 0 spiro atoms. The van der Waals surface area contributed by atoms with E-state index in [1.54, 1.807) is 17.0 Å². The van der Waals surface area contributed by atoms with E-state index < -0.39 is 0 Å². The van der Waals surface area contributed by atoms with Crippen molar-refractivity contribution < 1.29 is 4.79 Å². The maximum Gasteiger partial charge on any atom is 0.298 e. The lowest BCUT2D eigenvalue weighted by atomic mass is 10.0. The first kappa shape index (κ1) is 25.2. The third-order valence-electron chi connectivity index (χ3n) is 5.31. The Balaban J connectivity index is 1.81. The summed E-state index contributed by atoms with van der Waals surface area (Å²) in [7, 11) is 1.84. The number of hydrogen-bond acceptors (Lipinski definition) is 4. The van der Waals surface area contributed by atoms with E-state index in [1.165, 1.54) is 17.5 Å². The molecule has 6 heteroatoms. The van der Waals surface area contributed by atoms with Gasteiger partial charge in [0.05, 0.1) is 6.33 Å². The second-order valence-corrected chi connectivity index (χ2v) is 8.82. The summed E-state index contributed by atoms with van der Waals surface area (Å²) in [5.74, 6) is 0.175. The molecule has 0 aliphatic carbocycles. The van der Waals surface area contributed by atoms with E-state index in [2.05, 4.69) is 42.0 Å². The van der Waals surface area contributed by atoms with Crippen molar-refractivity contribution in [3.63, 3.8) is 0 Å². The van der Waals surface area contributed by atoms with Crippen molar-refractivity contribution in [2.24, 2.45) is 7.05 Å². The van der Waals surface area contributed by atoms with Gasteiger partial charge in [-0.3, -0.25) is 9.59 Å². The minimum atomic E-state index is -0.245. The van der Waals surface area contributed by atoms with Crippen LogP contribution in [0.1, 0.15) is 66.7 Å². The third kappa shape index (κ3) is 7.91. The Bertz CT molecular complexity index is 1120. The molecular formula is C26H36N4O2. The lowest BCUT2D eigenvalue weighted by molar-refractivity contribution is -0.114.